The summed E-state index contributed by atoms with van der Waals surface area (Å²) in [6.45, 7) is 10.9. The molecule has 1 heterocycles. The highest BCUT2D eigenvalue weighted by molar-refractivity contribution is 6.35. The van der Waals surface area contributed by atoms with Gasteiger partial charge in [0.25, 0.3) is 0 Å². The minimum Gasteiger partial charge on any atom is -0.311 e. The molecule has 5 heteroatoms. The van der Waals surface area contributed by atoms with E-state index in [0.29, 0.717) is 5.02 Å². The van der Waals surface area contributed by atoms with Crippen molar-refractivity contribution >= 4 is 23.2 Å². The molecular weight excluding hydrogens is 305 g/mol. The molecule has 0 unspecified atom stereocenters. The van der Waals surface area contributed by atoms with Crippen LogP contribution in [-0.2, 0) is 6.54 Å². The van der Waals surface area contributed by atoms with E-state index in [1.165, 1.54) is 0 Å². The summed E-state index contributed by atoms with van der Waals surface area (Å²) < 4.78 is 0. The Morgan fingerprint density at radius 2 is 1.81 bits per heavy atom. The summed E-state index contributed by atoms with van der Waals surface area (Å²) in [6.07, 6.45) is 0. The van der Waals surface area contributed by atoms with Crippen molar-refractivity contribution in [3.05, 3.63) is 33.8 Å². The molecule has 3 nitrogen and oxygen atoms in total. The molecule has 1 fully saturated rings. The van der Waals surface area contributed by atoms with Crippen LogP contribution in [0.15, 0.2) is 18.2 Å². The predicted octanol–water partition coefficient (Wildman–Crippen LogP) is 3.11. The van der Waals surface area contributed by atoms with Crippen LogP contribution in [0.3, 0.4) is 0 Å². The standard InChI is InChI=1S/C16H25Cl2N3/c1-16(2,21-8-6-20(3)7-9-21)12-19-11-13-4-5-14(17)10-15(13)18/h4-5,10,19H,6-9,11-12H2,1-3H3. The molecular formula is C16H25Cl2N3. The minimum atomic E-state index is 0.153. The van der Waals surface area contributed by atoms with Gasteiger partial charge >= 0.3 is 0 Å². The molecule has 1 saturated heterocycles. The van der Waals surface area contributed by atoms with Gasteiger partial charge in [0, 0.05) is 54.9 Å². The molecule has 1 aromatic carbocycles. The second-order valence-electron chi connectivity index (χ2n) is 6.44. The van der Waals surface area contributed by atoms with Crippen molar-refractivity contribution in [2.45, 2.75) is 25.9 Å². The summed E-state index contributed by atoms with van der Waals surface area (Å²) in [6, 6.07) is 5.67. The number of nitrogens with zero attached hydrogens (tertiary/aromatic N) is 2. The smallest absolute Gasteiger partial charge is 0.0465 e. The number of halogens is 2. The predicted molar refractivity (Wildman–Crippen MR) is 91.3 cm³/mol. The maximum absolute atomic E-state index is 6.20. The van der Waals surface area contributed by atoms with Gasteiger partial charge in [0.2, 0.25) is 0 Å². The third-order valence-corrected chi connectivity index (χ3v) is 4.83. The molecule has 0 radical (unpaired) electrons. The fourth-order valence-corrected chi connectivity index (χ4v) is 3.17. The van der Waals surface area contributed by atoms with E-state index in [1.807, 2.05) is 12.1 Å². The largest absolute Gasteiger partial charge is 0.311 e. The number of nitrogens with one attached hydrogen (secondary N) is 1. The van der Waals surface area contributed by atoms with Gasteiger partial charge in [0.05, 0.1) is 0 Å². The maximum Gasteiger partial charge on any atom is 0.0465 e. The van der Waals surface area contributed by atoms with Crippen LogP contribution in [0.1, 0.15) is 19.4 Å². The van der Waals surface area contributed by atoms with Crippen molar-refractivity contribution < 1.29 is 0 Å². The minimum absolute atomic E-state index is 0.153. The second kappa shape index (κ2) is 7.30. The monoisotopic (exact) mass is 329 g/mol. The van der Waals surface area contributed by atoms with Crippen LogP contribution in [0.5, 0.6) is 0 Å². The Balaban J connectivity index is 1.84. The van der Waals surface area contributed by atoms with Gasteiger partial charge in [-0.05, 0) is 38.6 Å². The molecule has 1 N–H and O–H groups in total. The van der Waals surface area contributed by atoms with Gasteiger partial charge in [-0.3, -0.25) is 4.90 Å². The lowest BCUT2D eigenvalue weighted by atomic mass is 10.0. The van der Waals surface area contributed by atoms with Crippen LogP contribution in [0.2, 0.25) is 10.0 Å². The topological polar surface area (TPSA) is 18.5 Å². The molecule has 0 saturated carbocycles. The summed E-state index contributed by atoms with van der Waals surface area (Å²) in [5.41, 5.74) is 1.25. The molecule has 1 aliphatic heterocycles. The van der Waals surface area contributed by atoms with Gasteiger partial charge in [-0.2, -0.15) is 0 Å². The van der Waals surface area contributed by atoms with Gasteiger partial charge in [-0.15, -0.1) is 0 Å². The Kier molecular flexibility index (Phi) is 5.92. The van der Waals surface area contributed by atoms with Gasteiger partial charge in [-0.1, -0.05) is 29.3 Å². The quantitative estimate of drug-likeness (QED) is 0.895. The highest BCUT2D eigenvalue weighted by Crippen LogP contribution is 2.21. The molecule has 0 aromatic heterocycles. The molecule has 21 heavy (non-hydrogen) atoms. The number of piperazine rings is 1. The number of hydrogen-bond donors (Lipinski definition) is 1. The summed E-state index contributed by atoms with van der Waals surface area (Å²) in [5.74, 6) is 0. The van der Waals surface area contributed by atoms with Crippen LogP contribution in [0, 0.1) is 0 Å². The summed E-state index contributed by atoms with van der Waals surface area (Å²) >= 11 is 12.1. The third kappa shape index (κ3) is 4.83. The van der Waals surface area contributed by atoms with E-state index < -0.39 is 0 Å². The highest BCUT2D eigenvalue weighted by Gasteiger charge is 2.28. The van der Waals surface area contributed by atoms with Crippen molar-refractivity contribution in [2.75, 3.05) is 39.8 Å². The van der Waals surface area contributed by atoms with Crippen LogP contribution >= 0.6 is 23.2 Å². The summed E-state index contributed by atoms with van der Waals surface area (Å²) in [5, 5.41) is 4.94. The fourth-order valence-electron chi connectivity index (χ4n) is 2.69. The van der Waals surface area contributed by atoms with Crippen molar-refractivity contribution in [2.24, 2.45) is 0 Å². The van der Waals surface area contributed by atoms with Gasteiger partial charge in [0.1, 0.15) is 0 Å². The first-order valence-corrected chi connectivity index (χ1v) is 8.22. The van der Waals surface area contributed by atoms with E-state index in [0.717, 1.165) is 49.9 Å². The van der Waals surface area contributed by atoms with Gasteiger partial charge in [0.15, 0.2) is 0 Å². The van der Waals surface area contributed by atoms with Crippen LogP contribution in [-0.4, -0.2) is 55.1 Å². The number of hydrogen-bond acceptors (Lipinski definition) is 3. The molecule has 118 valence electrons. The lowest BCUT2D eigenvalue weighted by Crippen LogP contribution is -2.57. The van der Waals surface area contributed by atoms with Crippen LogP contribution in [0.25, 0.3) is 0 Å². The highest BCUT2D eigenvalue weighted by atomic mass is 35.5. The second-order valence-corrected chi connectivity index (χ2v) is 7.29. The maximum atomic E-state index is 6.20. The first kappa shape index (κ1) is 17.0. The molecule has 1 aromatic rings. The molecule has 0 amide bonds. The lowest BCUT2D eigenvalue weighted by Gasteiger charge is -2.43. The van der Waals surface area contributed by atoms with E-state index in [1.54, 1.807) is 6.07 Å². The van der Waals surface area contributed by atoms with Gasteiger partial charge in [-0.25, -0.2) is 0 Å². The van der Waals surface area contributed by atoms with Gasteiger partial charge < -0.3 is 10.2 Å². The molecule has 0 spiro atoms. The Labute approximate surface area is 138 Å². The third-order valence-electron chi connectivity index (χ3n) is 4.25. The number of likely N-dealkylation sites (N-methyl/N-ethyl adjacent to an activating group) is 1. The zero-order chi connectivity index (χ0) is 15.5. The molecule has 0 atom stereocenters. The normalized spacial score (nSPS) is 18.1. The van der Waals surface area contributed by atoms with Crippen molar-refractivity contribution in [3.63, 3.8) is 0 Å². The Hall–Kier alpha value is -0.320. The molecule has 1 aliphatic rings. The zero-order valence-corrected chi connectivity index (χ0v) is 14.6. The first-order chi connectivity index (χ1) is 9.88. The first-order valence-electron chi connectivity index (χ1n) is 7.47. The van der Waals surface area contributed by atoms with E-state index in [9.17, 15) is 0 Å². The molecule has 2 rings (SSSR count). The fraction of sp³-hybridized carbons (Fsp3) is 0.625. The molecule has 0 bridgehead atoms. The van der Waals surface area contributed by atoms with E-state index in [4.69, 9.17) is 23.2 Å². The van der Waals surface area contributed by atoms with Crippen molar-refractivity contribution in [1.29, 1.82) is 0 Å². The van der Waals surface area contributed by atoms with E-state index >= 15 is 0 Å². The van der Waals surface area contributed by atoms with E-state index in [2.05, 4.69) is 36.0 Å². The van der Waals surface area contributed by atoms with E-state index in [-0.39, 0.29) is 5.54 Å². The van der Waals surface area contributed by atoms with Crippen LogP contribution in [0.4, 0.5) is 0 Å². The summed E-state index contributed by atoms with van der Waals surface area (Å²) in [4.78, 5) is 4.94. The lowest BCUT2D eigenvalue weighted by molar-refractivity contribution is 0.0618. The Bertz CT molecular complexity index is 469. The number of rotatable bonds is 5. The molecule has 0 aliphatic carbocycles. The zero-order valence-electron chi connectivity index (χ0n) is 13.1. The van der Waals surface area contributed by atoms with Crippen molar-refractivity contribution in [1.82, 2.24) is 15.1 Å². The van der Waals surface area contributed by atoms with Crippen molar-refractivity contribution in [3.8, 4) is 0 Å². The number of benzene rings is 1. The Morgan fingerprint density at radius 1 is 1.14 bits per heavy atom. The average Bonchev–Trinajstić information content (AvgIpc) is 2.41. The Morgan fingerprint density at radius 3 is 2.43 bits per heavy atom. The van der Waals surface area contributed by atoms with Crippen LogP contribution < -0.4 is 5.32 Å². The average molecular weight is 330 g/mol. The summed E-state index contributed by atoms with van der Waals surface area (Å²) in [7, 11) is 2.19. The SMILES string of the molecule is CN1CCN(C(C)(C)CNCc2ccc(Cl)cc2Cl)CC1.